The van der Waals surface area contributed by atoms with E-state index in [1.165, 1.54) is 6.42 Å². The number of hydrogen-bond acceptors (Lipinski definition) is 2. The number of ether oxygens (including phenoxy) is 1. The van der Waals surface area contributed by atoms with Crippen molar-refractivity contribution in [2.45, 2.75) is 43.9 Å². The second-order valence-corrected chi connectivity index (χ2v) is 5.86. The molecule has 0 fully saturated rings. The first-order valence-electron chi connectivity index (χ1n) is 5.14. The largest absolute Gasteiger partial charge is 0.465 e. The monoisotopic (exact) mass is 266 g/mol. The highest BCUT2D eigenvalue weighted by molar-refractivity contribution is 9.10. The summed E-state index contributed by atoms with van der Waals surface area (Å²) < 4.78 is 4.53. The van der Waals surface area contributed by atoms with Crippen molar-refractivity contribution in [3.8, 4) is 0 Å². The Kier molecular flexibility index (Phi) is 7.19. The number of halogens is 1. The number of hydrogen-bond donors (Lipinski definition) is 1. The molecule has 0 aromatic heterocycles. The summed E-state index contributed by atoms with van der Waals surface area (Å²) in [5, 5.41) is 0. The normalized spacial score (nSPS) is 11.4. The van der Waals surface area contributed by atoms with Gasteiger partial charge in [-0.25, -0.2) is 0 Å². The SMILES string of the molecule is CC(C)(Br)C(=O)OCCCCCC[NH3+]. The van der Waals surface area contributed by atoms with Crippen molar-refractivity contribution >= 4 is 21.9 Å². The van der Waals surface area contributed by atoms with Crippen molar-refractivity contribution < 1.29 is 15.3 Å². The van der Waals surface area contributed by atoms with Crippen LogP contribution < -0.4 is 5.73 Å². The van der Waals surface area contributed by atoms with E-state index in [4.69, 9.17) is 4.74 Å². The van der Waals surface area contributed by atoms with Gasteiger partial charge in [0.1, 0.15) is 4.32 Å². The van der Waals surface area contributed by atoms with Gasteiger partial charge in [-0.3, -0.25) is 4.79 Å². The molecule has 0 heterocycles. The summed E-state index contributed by atoms with van der Waals surface area (Å²) in [6, 6.07) is 0. The highest BCUT2D eigenvalue weighted by Gasteiger charge is 2.24. The van der Waals surface area contributed by atoms with Gasteiger partial charge in [0.25, 0.3) is 0 Å². The Morgan fingerprint density at radius 2 is 1.86 bits per heavy atom. The third kappa shape index (κ3) is 7.33. The lowest BCUT2D eigenvalue weighted by molar-refractivity contribution is -0.368. The number of carbonyl (C=O) groups excluding carboxylic acids is 1. The molecule has 0 aromatic rings. The zero-order valence-corrected chi connectivity index (χ0v) is 10.7. The second kappa shape index (κ2) is 7.23. The molecule has 84 valence electrons. The zero-order valence-electron chi connectivity index (χ0n) is 9.14. The number of unbranched alkanes of at least 4 members (excludes halogenated alkanes) is 3. The number of rotatable bonds is 7. The molecule has 0 unspecified atom stereocenters. The van der Waals surface area contributed by atoms with E-state index in [1.54, 1.807) is 13.8 Å². The average Bonchev–Trinajstić information content (AvgIpc) is 2.09. The highest BCUT2D eigenvalue weighted by Crippen LogP contribution is 2.17. The average molecular weight is 267 g/mol. The zero-order chi connectivity index (χ0) is 11.0. The predicted molar refractivity (Wildman–Crippen MR) is 60.2 cm³/mol. The van der Waals surface area contributed by atoms with Gasteiger partial charge in [0, 0.05) is 0 Å². The fourth-order valence-corrected chi connectivity index (χ4v) is 1.08. The van der Waals surface area contributed by atoms with Crippen LogP contribution in [0.25, 0.3) is 0 Å². The molecule has 0 aliphatic carbocycles. The molecule has 0 rings (SSSR count). The van der Waals surface area contributed by atoms with Crippen LogP contribution in [-0.2, 0) is 9.53 Å². The smallest absolute Gasteiger partial charge is 0.322 e. The van der Waals surface area contributed by atoms with Gasteiger partial charge >= 0.3 is 5.97 Å². The fourth-order valence-electron chi connectivity index (χ4n) is 0.969. The lowest BCUT2D eigenvalue weighted by Crippen LogP contribution is -2.50. The molecule has 14 heavy (non-hydrogen) atoms. The minimum atomic E-state index is -0.555. The quantitative estimate of drug-likeness (QED) is 0.432. The van der Waals surface area contributed by atoms with E-state index in [1.807, 2.05) is 0 Å². The Labute approximate surface area is 94.5 Å². The van der Waals surface area contributed by atoms with Crippen LogP contribution in [0, 0.1) is 0 Å². The van der Waals surface area contributed by atoms with E-state index in [0.29, 0.717) is 6.61 Å². The molecule has 0 atom stereocenters. The summed E-state index contributed by atoms with van der Waals surface area (Å²) in [6.45, 7) is 5.11. The fraction of sp³-hybridized carbons (Fsp3) is 0.900. The molecule has 4 heteroatoms. The second-order valence-electron chi connectivity index (χ2n) is 3.88. The molecule has 0 aliphatic rings. The predicted octanol–water partition coefficient (Wildman–Crippen LogP) is 1.51. The first-order chi connectivity index (χ1) is 6.48. The summed E-state index contributed by atoms with van der Waals surface area (Å²) in [4.78, 5) is 11.3. The molecule has 0 aromatic carbocycles. The number of alkyl halides is 1. The summed E-state index contributed by atoms with van der Waals surface area (Å²) in [7, 11) is 0. The lowest BCUT2D eigenvalue weighted by atomic mass is 10.2. The molecule has 3 nitrogen and oxygen atoms in total. The minimum absolute atomic E-state index is 0.186. The van der Waals surface area contributed by atoms with E-state index in [9.17, 15) is 4.79 Å². The van der Waals surface area contributed by atoms with Crippen LogP contribution >= 0.6 is 15.9 Å². The van der Waals surface area contributed by atoms with E-state index in [-0.39, 0.29) is 5.97 Å². The van der Waals surface area contributed by atoms with E-state index in [0.717, 1.165) is 25.8 Å². The van der Waals surface area contributed by atoms with Crippen LogP contribution in [-0.4, -0.2) is 23.4 Å². The van der Waals surface area contributed by atoms with Crippen LogP contribution in [0.5, 0.6) is 0 Å². The first-order valence-corrected chi connectivity index (χ1v) is 5.93. The lowest BCUT2D eigenvalue weighted by Gasteiger charge is -2.14. The van der Waals surface area contributed by atoms with Crippen LogP contribution in [0.4, 0.5) is 0 Å². The van der Waals surface area contributed by atoms with E-state index >= 15 is 0 Å². The summed E-state index contributed by atoms with van der Waals surface area (Å²) in [5.41, 5.74) is 3.77. The van der Waals surface area contributed by atoms with Gasteiger partial charge in [-0.1, -0.05) is 15.9 Å². The van der Waals surface area contributed by atoms with Gasteiger partial charge in [-0.05, 0) is 39.5 Å². The van der Waals surface area contributed by atoms with Gasteiger partial charge in [0.15, 0.2) is 0 Å². The van der Waals surface area contributed by atoms with Crippen LogP contribution in [0.2, 0.25) is 0 Å². The number of quaternary nitrogens is 1. The third-order valence-corrected chi connectivity index (χ3v) is 2.19. The molecule has 0 bridgehead atoms. The maximum absolute atomic E-state index is 11.3. The molecule has 3 N–H and O–H groups in total. The Balaban J connectivity index is 3.33. The molecular formula is C10H21BrNO2+. The van der Waals surface area contributed by atoms with Gasteiger partial charge in [0.2, 0.25) is 0 Å². The Hall–Kier alpha value is -0.0900. The van der Waals surface area contributed by atoms with Crippen LogP contribution in [0.15, 0.2) is 0 Å². The molecule has 0 saturated carbocycles. The molecule has 0 amide bonds. The van der Waals surface area contributed by atoms with Gasteiger partial charge in [-0.2, -0.15) is 0 Å². The maximum atomic E-state index is 11.3. The summed E-state index contributed by atoms with van der Waals surface area (Å²) in [6.07, 6.45) is 4.41. The van der Waals surface area contributed by atoms with Crippen LogP contribution in [0.1, 0.15) is 39.5 Å². The van der Waals surface area contributed by atoms with Crippen molar-refractivity contribution in [1.82, 2.24) is 0 Å². The molecule has 0 radical (unpaired) electrons. The summed E-state index contributed by atoms with van der Waals surface area (Å²) in [5.74, 6) is -0.186. The summed E-state index contributed by atoms with van der Waals surface area (Å²) >= 11 is 3.26. The van der Waals surface area contributed by atoms with E-state index < -0.39 is 4.32 Å². The van der Waals surface area contributed by atoms with Crippen molar-refractivity contribution in [3.63, 3.8) is 0 Å². The Morgan fingerprint density at radius 1 is 1.29 bits per heavy atom. The van der Waals surface area contributed by atoms with Gasteiger partial charge in [0.05, 0.1) is 13.2 Å². The molecule has 0 spiro atoms. The standard InChI is InChI=1S/C10H20BrNO2/c1-10(2,11)9(13)14-8-6-4-3-5-7-12/h3-8,12H2,1-2H3/p+1. The minimum Gasteiger partial charge on any atom is -0.465 e. The van der Waals surface area contributed by atoms with Crippen molar-refractivity contribution in [1.29, 1.82) is 0 Å². The first kappa shape index (κ1) is 13.9. The molecule has 0 aliphatic heterocycles. The van der Waals surface area contributed by atoms with E-state index in [2.05, 4.69) is 21.7 Å². The topological polar surface area (TPSA) is 53.9 Å². The van der Waals surface area contributed by atoms with Gasteiger partial charge in [-0.15, -0.1) is 0 Å². The Bertz CT molecular complexity index is 166. The molecular weight excluding hydrogens is 246 g/mol. The van der Waals surface area contributed by atoms with Gasteiger partial charge < -0.3 is 10.5 Å². The maximum Gasteiger partial charge on any atom is 0.322 e. The third-order valence-electron chi connectivity index (χ3n) is 1.86. The Morgan fingerprint density at radius 3 is 2.36 bits per heavy atom. The van der Waals surface area contributed by atoms with Crippen molar-refractivity contribution in [3.05, 3.63) is 0 Å². The molecule has 0 saturated heterocycles. The number of carbonyl (C=O) groups is 1. The highest BCUT2D eigenvalue weighted by atomic mass is 79.9. The number of esters is 1. The van der Waals surface area contributed by atoms with Crippen molar-refractivity contribution in [2.24, 2.45) is 0 Å². The van der Waals surface area contributed by atoms with Crippen LogP contribution in [0.3, 0.4) is 0 Å². The van der Waals surface area contributed by atoms with Crippen molar-refractivity contribution in [2.75, 3.05) is 13.2 Å².